The zero-order chi connectivity index (χ0) is 18.7. The van der Waals surface area contributed by atoms with Gasteiger partial charge in [-0.3, -0.25) is 4.79 Å². The molecule has 0 radical (unpaired) electrons. The van der Waals surface area contributed by atoms with Gasteiger partial charge in [0.05, 0.1) is 30.2 Å². The Kier molecular flexibility index (Phi) is 5.86. The number of carbonyl (C=O) groups is 1. The highest BCUT2D eigenvalue weighted by Crippen LogP contribution is 2.25. The summed E-state index contributed by atoms with van der Waals surface area (Å²) < 4.78 is 32.0. The minimum absolute atomic E-state index is 0.00738. The molecule has 1 aromatic heterocycles. The van der Waals surface area contributed by atoms with E-state index in [4.69, 9.17) is 4.74 Å². The zero-order valence-corrected chi connectivity index (χ0v) is 16.5. The average Bonchev–Trinajstić information content (AvgIpc) is 3.11. The molecule has 0 N–H and O–H groups in total. The summed E-state index contributed by atoms with van der Waals surface area (Å²) in [7, 11) is -3.49. The second kappa shape index (κ2) is 7.96. The number of hydrogen-bond acceptors (Lipinski definition) is 6. The number of benzene rings is 1. The Labute approximate surface area is 157 Å². The van der Waals surface area contributed by atoms with Crippen molar-refractivity contribution in [3.8, 4) is 11.3 Å². The predicted octanol–water partition coefficient (Wildman–Crippen LogP) is 2.60. The van der Waals surface area contributed by atoms with Gasteiger partial charge in [-0.2, -0.15) is 4.31 Å². The molecule has 1 aliphatic rings. The maximum absolute atomic E-state index is 12.6. The Morgan fingerprint density at radius 1 is 1.23 bits per heavy atom. The van der Waals surface area contributed by atoms with Crippen LogP contribution in [0.2, 0.25) is 0 Å². The highest BCUT2D eigenvalue weighted by atomic mass is 32.2. The van der Waals surface area contributed by atoms with Crippen LogP contribution in [0.1, 0.15) is 18.9 Å². The van der Waals surface area contributed by atoms with Crippen LogP contribution < -0.4 is 0 Å². The Morgan fingerprint density at radius 2 is 1.88 bits per heavy atom. The third kappa shape index (κ3) is 4.20. The summed E-state index contributed by atoms with van der Waals surface area (Å²) in [6.45, 7) is 5.36. The lowest BCUT2D eigenvalue weighted by molar-refractivity contribution is -0.121. The molecule has 2 aromatic rings. The van der Waals surface area contributed by atoms with Crippen LogP contribution in [0.4, 0.5) is 0 Å². The molecule has 6 nitrogen and oxygen atoms in total. The third-order valence-electron chi connectivity index (χ3n) is 4.28. The average molecular weight is 395 g/mol. The summed E-state index contributed by atoms with van der Waals surface area (Å²) in [6, 6.07) is 6.74. The number of morpholine rings is 1. The lowest BCUT2D eigenvalue weighted by Crippen LogP contribution is -2.40. The molecule has 140 valence electrons. The molecule has 26 heavy (non-hydrogen) atoms. The number of ketones is 1. The van der Waals surface area contributed by atoms with Crippen molar-refractivity contribution < 1.29 is 17.9 Å². The van der Waals surface area contributed by atoms with E-state index < -0.39 is 10.0 Å². The molecule has 8 heteroatoms. The van der Waals surface area contributed by atoms with Crippen LogP contribution in [0.15, 0.2) is 34.5 Å². The molecule has 1 saturated heterocycles. The molecule has 3 rings (SSSR count). The maximum Gasteiger partial charge on any atom is 0.243 e. The van der Waals surface area contributed by atoms with Crippen LogP contribution in [0.5, 0.6) is 0 Å². The van der Waals surface area contributed by atoms with Crippen molar-refractivity contribution in [3.05, 3.63) is 34.7 Å². The quantitative estimate of drug-likeness (QED) is 0.753. The van der Waals surface area contributed by atoms with E-state index in [9.17, 15) is 13.2 Å². The highest BCUT2D eigenvalue weighted by Gasteiger charge is 2.26. The second-order valence-electron chi connectivity index (χ2n) is 6.47. The number of ether oxygens (including phenoxy) is 1. The Bertz CT molecular complexity index is 867. The molecule has 0 aliphatic carbocycles. The molecular weight excluding hydrogens is 372 g/mol. The Morgan fingerprint density at radius 3 is 2.50 bits per heavy atom. The molecule has 1 fully saturated rings. The molecule has 0 bridgehead atoms. The smallest absolute Gasteiger partial charge is 0.243 e. The van der Waals surface area contributed by atoms with E-state index in [1.807, 2.05) is 19.2 Å². The lowest BCUT2D eigenvalue weighted by Gasteiger charge is -2.26. The van der Waals surface area contributed by atoms with Gasteiger partial charge < -0.3 is 4.74 Å². The molecular formula is C18H22N2O4S2. The minimum atomic E-state index is -3.49. The van der Waals surface area contributed by atoms with Crippen molar-refractivity contribution in [2.75, 3.05) is 26.3 Å². The topological polar surface area (TPSA) is 76.6 Å². The number of sulfonamides is 1. The first-order valence-electron chi connectivity index (χ1n) is 8.53. The lowest BCUT2D eigenvalue weighted by atomic mass is 10.1. The number of carbonyl (C=O) groups excluding carboxylic acids is 1. The standard InChI is InChI=1S/C18H22N2O4S2/c1-13(2)17(21)11-18-19-16(12-25-18)14-3-5-15(6-4-14)26(22,23)20-7-9-24-10-8-20/h3-6,12-13H,7-11H2,1-2H3. The number of rotatable bonds is 6. The fourth-order valence-electron chi connectivity index (χ4n) is 2.61. The molecule has 0 atom stereocenters. The molecule has 1 aromatic carbocycles. The first-order valence-corrected chi connectivity index (χ1v) is 10.9. The van der Waals surface area contributed by atoms with Crippen LogP contribution >= 0.6 is 11.3 Å². The first-order chi connectivity index (χ1) is 12.4. The number of aromatic nitrogens is 1. The van der Waals surface area contributed by atoms with Crippen LogP contribution in [0, 0.1) is 5.92 Å². The van der Waals surface area contributed by atoms with Crippen molar-refractivity contribution in [2.45, 2.75) is 25.2 Å². The SMILES string of the molecule is CC(C)C(=O)Cc1nc(-c2ccc(S(=O)(=O)N3CCOCC3)cc2)cs1. The van der Waals surface area contributed by atoms with Gasteiger partial charge in [0.2, 0.25) is 10.0 Å². The second-order valence-corrected chi connectivity index (χ2v) is 9.35. The Balaban J connectivity index is 1.75. The molecule has 0 spiro atoms. The van der Waals surface area contributed by atoms with Crippen molar-refractivity contribution in [1.29, 1.82) is 0 Å². The van der Waals surface area contributed by atoms with Gasteiger partial charge >= 0.3 is 0 Å². The zero-order valence-electron chi connectivity index (χ0n) is 14.8. The number of Topliss-reactive ketones (excluding diaryl/α,β-unsaturated/α-hetero) is 1. The summed E-state index contributed by atoms with van der Waals surface area (Å²) in [5.74, 6) is 0.157. The third-order valence-corrected chi connectivity index (χ3v) is 7.04. The normalized spacial score (nSPS) is 16.1. The van der Waals surface area contributed by atoms with Crippen molar-refractivity contribution in [1.82, 2.24) is 9.29 Å². The van der Waals surface area contributed by atoms with Gasteiger partial charge in [0.25, 0.3) is 0 Å². The molecule has 0 unspecified atom stereocenters. The van der Waals surface area contributed by atoms with E-state index >= 15 is 0 Å². The largest absolute Gasteiger partial charge is 0.379 e. The van der Waals surface area contributed by atoms with Crippen molar-refractivity contribution in [2.24, 2.45) is 5.92 Å². The highest BCUT2D eigenvalue weighted by molar-refractivity contribution is 7.89. The van der Waals surface area contributed by atoms with Crippen LogP contribution in [0.3, 0.4) is 0 Å². The predicted molar refractivity (Wildman–Crippen MR) is 101 cm³/mol. The molecule has 0 amide bonds. The molecule has 0 saturated carbocycles. The van der Waals surface area contributed by atoms with E-state index in [0.29, 0.717) is 32.7 Å². The van der Waals surface area contributed by atoms with Gasteiger partial charge in [-0.1, -0.05) is 26.0 Å². The maximum atomic E-state index is 12.6. The van der Waals surface area contributed by atoms with Gasteiger partial charge in [0, 0.05) is 30.0 Å². The van der Waals surface area contributed by atoms with Crippen LogP contribution in [-0.4, -0.2) is 49.8 Å². The van der Waals surface area contributed by atoms with E-state index in [2.05, 4.69) is 4.98 Å². The fraction of sp³-hybridized carbons (Fsp3) is 0.444. The van der Waals surface area contributed by atoms with Crippen molar-refractivity contribution >= 4 is 27.1 Å². The van der Waals surface area contributed by atoms with Crippen LogP contribution in [0.25, 0.3) is 11.3 Å². The van der Waals surface area contributed by atoms with Gasteiger partial charge in [0.15, 0.2) is 0 Å². The molecule has 1 aliphatic heterocycles. The number of thiazole rings is 1. The van der Waals surface area contributed by atoms with Gasteiger partial charge in [0.1, 0.15) is 10.8 Å². The van der Waals surface area contributed by atoms with Gasteiger partial charge in [-0.25, -0.2) is 13.4 Å². The van der Waals surface area contributed by atoms with Gasteiger partial charge in [-0.15, -0.1) is 11.3 Å². The first kappa shape index (κ1) is 19.2. The monoisotopic (exact) mass is 394 g/mol. The van der Waals surface area contributed by atoms with E-state index in [1.54, 1.807) is 24.3 Å². The summed E-state index contributed by atoms with van der Waals surface area (Å²) >= 11 is 1.45. The summed E-state index contributed by atoms with van der Waals surface area (Å²) in [6.07, 6.45) is 0.339. The Hall–Kier alpha value is -1.61. The number of nitrogens with zero attached hydrogens (tertiary/aromatic N) is 2. The van der Waals surface area contributed by atoms with E-state index in [1.165, 1.54) is 15.6 Å². The van der Waals surface area contributed by atoms with Crippen LogP contribution in [-0.2, 0) is 26.0 Å². The van der Waals surface area contributed by atoms with Gasteiger partial charge in [-0.05, 0) is 12.1 Å². The summed E-state index contributed by atoms with van der Waals surface area (Å²) in [5.41, 5.74) is 1.60. The minimum Gasteiger partial charge on any atom is -0.379 e. The van der Waals surface area contributed by atoms with E-state index in [0.717, 1.165) is 16.3 Å². The van der Waals surface area contributed by atoms with E-state index in [-0.39, 0.29) is 16.6 Å². The number of hydrogen-bond donors (Lipinski definition) is 0. The summed E-state index contributed by atoms with van der Waals surface area (Å²) in [4.78, 5) is 16.6. The molecule has 2 heterocycles. The van der Waals surface area contributed by atoms with Crippen molar-refractivity contribution in [3.63, 3.8) is 0 Å². The fourth-order valence-corrected chi connectivity index (χ4v) is 4.83. The summed E-state index contributed by atoms with van der Waals surface area (Å²) in [5, 5.41) is 2.68.